The molecule has 2 heterocycles. The Bertz CT molecular complexity index is 1130. The highest BCUT2D eigenvalue weighted by atomic mass is 16.5. The van der Waals surface area contributed by atoms with Gasteiger partial charge in [-0.2, -0.15) is 0 Å². The number of carbonyl (C=O) groups excluding carboxylic acids is 2. The van der Waals surface area contributed by atoms with Gasteiger partial charge in [-0.25, -0.2) is 4.79 Å². The van der Waals surface area contributed by atoms with E-state index in [9.17, 15) is 14.4 Å². The van der Waals surface area contributed by atoms with E-state index < -0.39 is 11.8 Å². The molecule has 1 fully saturated rings. The van der Waals surface area contributed by atoms with Crippen LogP contribution in [0.2, 0.25) is 0 Å². The van der Waals surface area contributed by atoms with Crippen LogP contribution in [0, 0.1) is 0 Å². The number of amides is 2. The Morgan fingerprint density at radius 2 is 1.65 bits per heavy atom. The molecule has 1 atom stereocenters. The van der Waals surface area contributed by atoms with Gasteiger partial charge < -0.3 is 19.8 Å². The van der Waals surface area contributed by atoms with Gasteiger partial charge in [0.15, 0.2) is 5.58 Å². The molecule has 9 heteroatoms. The summed E-state index contributed by atoms with van der Waals surface area (Å²) in [7, 11) is 0. The summed E-state index contributed by atoms with van der Waals surface area (Å²) in [5, 5.41) is 5.64. The lowest BCUT2D eigenvalue weighted by atomic mass is 10.2. The van der Waals surface area contributed by atoms with Crippen molar-refractivity contribution in [2.24, 2.45) is 0 Å². The van der Waals surface area contributed by atoms with Crippen molar-refractivity contribution in [3.8, 4) is 0 Å². The normalized spacial score (nSPS) is 15.5. The van der Waals surface area contributed by atoms with Crippen molar-refractivity contribution in [2.75, 3.05) is 43.5 Å². The molecule has 4 rings (SSSR count). The van der Waals surface area contributed by atoms with Crippen molar-refractivity contribution < 1.29 is 18.7 Å². The van der Waals surface area contributed by atoms with Crippen LogP contribution in [0.5, 0.6) is 0 Å². The standard InChI is InChI=1S/C22H24N4O5/c1-15(26-18-4-2-3-5-19(18)31-22(26)29)21(28)24-17-8-6-16(7-9-17)23-20(27)14-25-10-12-30-13-11-25/h2-9,15H,10-14H2,1H3,(H,23,27)(H,24,28)/t15-/m1/s1. The zero-order valence-electron chi connectivity index (χ0n) is 17.2. The summed E-state index contributed by atoms with van der Waals surface area (Å²) in [4.78, 5) is 39.1. The van der Waals surface area contributed by atoms with Crippen LogP contribution in [-0.4, -0.2) is 54.1 Å². The number of hydrogen-bond donors (Lipinski definition) is 2. The predicted molar refractivity (Wildman–Crippen MR) is 116 cm³/mol. The van der Waals surface area contributed by atoms with Crippen LogP contribution in [0.4, 0.5) is 11.4 Å². The minimum absolute atomic E-state index is 0.0986. The summed E-state index contributed by atoms with van der Waals surface area (Å²) in [6.45, 7) is 4.71. The van der Waals surface area contributed by atoms with E-state index >= 15 is 0 Å². The van der Waals surface area contributed by atoms with Crippen molar-refractivity contribution in [1.29, 1.82) is 0 Å². The number of carbonyl (C=O) groups is 2. The zero-order chi connectivity index (χ0) is 21.8. The molecule has 0 unspecified atom stereocenters. The number of morpholine rings is 1. The van der Waals surface area contributed by atoms with E-state index in [0.717, 1.165) is 13.1 Å². The molecular weight excluding hydrogens is 400 g/mol. The first kappa shape index (κ1) is 20.8. The summed E-state index contributed by atoms with van der Waals surface area (Å²) in [6, 6.07) is 13.0. The van der Waals surface area contributed by atoms with Gasteiger partial charge in [0.2, 0.25) is 11.8 Å². The SMILES string of the molecule is C[C@H](C(=O)Nc1ccc(NC(=O)CN2CCOCC2)cc1)n1c(=O)oc2ccccc21. The highest BCUT2D eigenvalue weighted by Crippen LogP contribution is 2.19. The first-order chi connectivity index (χ1) is 15.0. The fourth-order valence-corrected chi connectivity index (χ4v) is 3.51. The molecular formula is C22H24N4O5. The van der Waals surface area contributed by atoms with Gasteiger partial charge in [0.05, 0.1) is 25.3 Å². The van der Waals surface area contributed by atoms with E-state index in [2.05, 4.69) is 10.6 Å². The molecule has 31 heavy (non-hydrogen) atoms. The maximum absolute atomic E-state index is 12.7. The van der Waals surface area contributed by atoms with E-state index in [1.165, 1.54) is 4.57 Å². The topological polar surface area (TPSA) is 106 Å². The number of nitrogens with one attached hydrogen (secondary N) is 2. The van der Waals surface area contributed by atoms with Crippen LogP contribution in [0.1, 0.15) is 13.0 Å². The molecule has 0 radical (unpaired) electrons. The molecule has 0 aliphatic carbocycles. The van der Waals surface area contributed by atoms with Crippen molar-refractivity contribution in [1.82, 2.24) is 9.47 Å². The quantitative estimate of drug-likeness (QED) is 0.628. The van der Waals surface area contributed by atoms with Crippen LogP contribution < -0.4 is 16.4 Å². The highest BCUT2D eigenvalue weighted by molar-refractivity contribution is 5.95. The molecule has 162 valence electrons. The number of rotatable bonds is 6. The van der Waals surface area contributed by atoms with Gasteiger partial charge in [-0.05, 0) is 43.3 Å². The maximum Gasteiger partial charge on any atom is 0.420 e. The maximum atomic E-state index is 12.7. The molecule has 1 aliphatic rings. The van der Waals surface area contributed by atoms with Crippen LogP contribution in [0.25, 0.3) is 11.1 Å². The summed E-state index contributed by atoms with van der Waals surface area (Å²) >= 11 is 0. The summed E-state index contributed by atoms with van der Waals surface area (Å²) in [5.74, 6) is -1.03. The fraction of sp³-hybridized carbons (Fsp3) is 0.318. The van der Waals surface area contributed by atoms with E-state index in [0.29, 0.717) is 42.2 Å². The van der Waals surface area contributed by atoms with Crippen molar-refractivity contribution >= 4 is 34.3 Å². The number of oxazole rings is 1. The number of aromatic nitrogens is 1. The number of hydrogen-bond acceptors (Lipinski definition) is 6. The Kier molecular flexibility index (Phi) is 6.15. The Balaban J connectivity index is 1.37. The van der Waals surface area contributed by atoms with Gasteiger partial charge in [0, 0.05) is 24.5 Å². The second-order valence-electron chi connectivity index (χ2n) is 7.38. The van der Waals surface area contributed by atoms with Crippen LogP contribution in [-0.2, 0) is 14.3 Å². The minimum Gasteiger partial charge on any atom is -0.408 e. The first-order valence-corrected chi connectivity index (χ1v) is 10.1. The minimum atomic E-state index is -0.760. The molecule has 1 saturated heterocycles. The van der Waals surface area contributed by atoms with E-state index in [1.807, 2.05) is 4.90 Å². The largest absolute Gasteiger partial charge is 0.420 e. The highest BCUT2D eigenvalue weighted by Gasteiger charge is 2.21. The molecule has 3 aromatic rings. The molecule has 2 amide bonds. The molecule has 1 aliphatic heterocycles. The molecule has 1 aromatic heterocycles. The van der Waals surface area contributed by atoms with Crippen molar-refractivity contribution in [3.63, 3.8) is 0 Å². The molecule has 2 N–H and O–H groups in total. The molecule has 0 bridgehead atoms. The second kappa shape index (κ2) is 9.15. The zero-order valence-corrected chi connectivity index (χ0v) is 17.2. The fourth-order valence-electron chi connectivity index (χ4n) is 3.51. The molecule has 0 spiro atoms. The third kappa shape index (κ3) is 4.84. The summed E-state index contributed by atoms with van der Waals surface area (Å²) < 4.78 is 11.8. The second-order valence-corrected chi connectivity index (χ2v) is 7.38. The lowest BCUT2D eigenvalue weighted by Crippen LogP contribution is -2.41. The average molecular weight is 424 g/mol. The van der Waals surface area contributed by atoms with E-state index in [-0.39, 0.29) is 11.8 Å². The van der Waals surface area contributed by atoms with E-state index in [1.54, 1.807) is 55.5 Å². The molecule has 0 saturated carbocycles. The van der Waals surface area contributed by atoms with Crippen LogP contribution in [0.15, 0.2) is 57.7 Å². The molecule has 2 aromatic carbocycles. The summed E-state index contributed by atoms with van der Waals surface area (Å²) in [5.41, 5.74) is 2.20. The number of anilines is 2. The Morgan fingerprint density at radius 3 is 2.35 bits per heavy atom. The Morgan fingerprint density at radius 1 is 1.00 bits per heavy atom. The smallest absolute Gasteiger partial charge is 0.408 e. The third-order valence-electron chi connectivity index (χ3n) is 5.19. The van der Waals surface area contributed by atoms with Gasteiger partial charge in [-0.3, -0.25) is 19.1 Å². The summed E-state index contributed by atoms with van der Waals surface area (Å²) in [6.07, 6.45) is 0. The van der Waals surface area contributed by atoms with Crippen molar-refractivity contribution in [3.05, 3.63) is 59.1 Å². The van der Waals surface area contributed by atoms with Gasteiger partial charge in [0.25, 0.3) is 0 Å². The lowest BCUT2D eigenvalue weighted by molar-refractivity contribution is -0.119. The van der Waals surface area contributed by atoms with Crippen LogP contribution in [0.3, 0.4) is 0 Å². The van der Waals surface area contributed by atoms with Gasteiger partial charge in [-0.1, -0.05) is 12.1 Å². The monoisotopic (exact) mass is 424 g/mol. The van der Waals surface area contributed by atoms with Gasteiger partial charge in [0.1, 0.15) is 6.04 Å². The first-order valence-electron chi connectivity index (χ1n) is 10.1. The number of benzene rings is 2. The third-order valence-corrected chi connectivity index (χ3v) is 5.19. The Hall–Kier alpha value is -3.43. The average Bonchev–Trinajstić information content (AvgIpc) is 3.10. The number of para-hydroxylation sites is 2. The lowest BCUT2D eigenvalue weighted by Gasteiger charge is -2.25. The van der Waals surface area contributed by atoms with Gasteiger partial charge >= 0.3 is 5.76 Å². The van der Waals surface area contributed by atoms with Gasteiger partial charge in [-0.15, -0.1) is 0 Å². The van der Waals surface area contributed by atoms with Crippen LogP contribution >= 0.6 is 0 Å². The Labute approximate surface area is 178 Å². The van der Waals surface area contributed by atoms with E-state index in [4.69, 9.17) is 9.15 Å². The number of fused-ring (bicyclic) bond motifs is 1. The predicted octanol–water partition coefficient (Wildman–Crippen LogP) is 2.06. The number of nitrogens with zero attached hydrogens (tertiary/aromatic N) is 2. The number of ether oxygens (including phenoxy) is 1. The van der Waals surface area contributed by atoms with Crippen molar-refractivity contribution in [2.45, 2.75) is 13.0 Å². The molecule has 9 nitrogen and oxygen atoms in total.